The molecule has 1 saturated heterocycles. The molecular weight excluding hydrogens is 235 g/mol. The molecule has 0 aliphatic carbocycles. The van der Waals surface area contributed by atoms with Crippen LogP contribution in [0, 0.1) is 11.7 Å². The topological polar surface area (TPSA) is 64.4 Å². The van der Waals surface area contributed by atoms with Crippen LogP contribution in [-0.4, -0.2) is 25.6 Å². The lowest BCUT2D eigenvalue weighted by Gasteiger charge is -2.23. The Morgan fingerprint density at radius 2 is 2.17 bits per heavy atom. The third kappa shape index (κ3) is 3.20. The predicted molar refractivity (Wildman–Crippen MR) is 66.0 cm³/mol. The highest BCUT2D eigenvalue weighted by atomic mass is 19.1. The molecule has 1 aromatic carbocycles. The van der Waals surface area contributed by atoms with Crippen molar-refractivity contribution >= 4 is 5.91 Å². The number of nitrogens with one attached hydrogen (secondary N) is 1. The first-order valence-electron chi connectivity index (χ1n) is 6.09. The van der Waals surface area contributed by atoms with E-state index in [4.69, 9.17) is 10.5 Å². The Morgan fingerprint density at radius 3 is 2.83 bits per heavy atom. The van der Waals surface area contributed by atoms with Gasteiger partial charge in [0.1, 0.15) is 11.6 Å². The molecule has 1 aliphatic rings. The number of piperidine rings is 1. The summed E-state index contributed by atoms with van der Waals surface area (Å²) in [6.07, 6.45) is 2.10. The van der Waals surface area contributed by atoms with E-state index in [9.17, 15) is 9.18 Å². The molecular formula is C13H17FN2O2. The first kappa shape index (κ1) is 12.8. The van der Waals surface area contributed by atoms with E-state index in [1.165, 1.54) is 12.1 Å². The largest absolute Gasteiger partial charge is 0.492 e. The Kier molecular flexibility index (Phi) is 4.15. The molecule has 2 rings (SSSR count). The monoisotopic (exact) mass is 252 g/mol. The fourth-order valence-electron chi connectivity index (χ4n) is 2.08. The number of benzene rings is 1. The number of amides is 1. The molecule has 3 N–H and O–H groups in total. The summed E-state index contributed by atoms with van der Waals surface area (Å²) in [5.41, 5.74) is 5.30. The van der Waals surface area contributed by atoms with Crippen molar-refractivity contribution in [3.05, 3.63) is 29.6 Å². The molecule has 0 spiro atoms. The van der Waals surface area contributed by atoms with Gasteiger partial charge in [0.15, 0.2) is 0 Å². The summed E-state index contributed by atoms with van der Waals surface area (Å²) in [4.78, 5) is 11.2. The minimum Gasteiger partial charge on any atom is -0.492 e. The molecule has 98 valence electrons. The number of primary amides is 1. The molecule has 0 unspecified atom stereocenters. The lowest BCUT2D eigenvalue weighted by molar-refractivity contribution is 0.0994. The number of halogens is 1. The van der Waals surface area contributed by atoms with Gasteiger partial charge in [-0.15, -0.1) is 0 Å². The molecule has 1 heterocycles. The highest BCUT2D eigenvalue weighted by Crippen LogP contribution is 2.21. The van der Waals surface area contributed by atoms with Gasteiger partial charge in [-0.3, -0.25) is 4.79 Å². The quantitative estimate of drug-likeness (QED) is 0.849. The van der Waals surface area contributed by atoms with Gasteiger partial charge >= 0.3 is 0 Å². The predicted octanol–water partition coefficient (Wildman–Crippen LogP) is 1.30. The van der Waals surface area contributed by atoms with Gasteiger partial charge in [0.25, 0.3) is 5.91 Å². The third-order valence-electron chi connectivity index (χ3n) is 3.14. The van der Waals surface area contributed by atoms with Gasteiger partial charge in [-0.25, -0.2) is 4.39 Å². The first-order valence-corrected chi connectivity index (χ1v) is 6.09. The SMILES string of the molecule is NC(=O)c1cc(F)ccc1OCC1CCNCC1. The van der Waals surface area contributed by atoms with Crippen LogP contribution in [0.15, 0.2) is 18.2 Å². The second-order valence-electron chi connectivity index (χ2n) is 4.51. The second-order valence-corrected chi connectivity index (χ2v) is 4.51. The molecule has 4 nitrogen and oxygen atoms in total. The van der Waals surface area contributed by atoms with E-state index < -0.39 is 11.7 Å². The Labute approximate surface area is 105 Å². The number of nitrogens with two attached hydrogens (primary N) is 1. The maximum Gasteiger partial charge on any atom is 0.252 e. The van der Waals surface area contributed by atoms with E-state index in [0.717, 1.165) is 32.0 Å². The normalized spacial score (nSPS) is 16.5. The minimum atomic E-state index is -0.671. The van der Waals surface area contributed by atoms with Crippen molar-refractivity contribution in [1.82, 2.24) is 5.32 Å². The number of rotatable bonds is 4. The zero-order chi connectivity index (χ0) is 13.0. The molecule has 0 aromatic heterocycles. The molecule has 0 atom stereocenters. The van der Waals surface area contributed by atoms with Gasteiger partial charge in [0.05, 0.1) is 12.2 Å². The van der Waals surface area contributed by atoms with Gasteiger partial charge in [0.2, 0.25) is 0 Å². The van der Waals surface area contributed by atoms with E-state index >= 15 is 0 Å². The summed E-state index contributed by atoms with van der Waals surface area (Å²) < 4.78 is 18.6. The smallest absolute Gasteiger partial charge is 0.252 e. The summed E-state index contributed by atoms with van der Waals surface area (Å²) in [6.45, 7) is 2.51. The van der Waals surface area contributed by atoms with Crippen LogP contribution in [0.25, 0.3) is 0 Å². The van der Waals surface area contributed by atoms with E-state index in [0.29, 0.717) is 18.3 Å². The Morgan fingerprint density at radius 1 is 1.44 bits per heavy atom. The number of hydrogen-bond acceptors (Lipinski definition) is 3. The molecule has 18 heavy (non-hydrogen) atoms. The van der Waals surface area contributed by atoms with Crippen molar-refractivity contribution < 1.29 is 13.9 Å². The number of ether oxygens (including phenoxy) is 1. The van der Waals surface area contributed by atoms with Crippen LogP contribution in [0.2, 0.25) is 0 Å². The van der Waals surface area contributed by atoms with Crippen LogP contribution in [0.5, 0.6) is 5.75 Å². The maximum atomic E-state index is 13.0. The molecule has 0 saturated carbocycles. The van der Waals surface area contributed by atoms with Crippen molar-refractivity contribution in [2.24, 2.45) is 11.7 Å². The highest BCUT2D eigenvalue weighted by molar-refractivity contribution is 5.95. The lowest BCUT2D eigenvalue weighted by atomic mass is 9.99. The zero-order valence-electron chi connectivity index (χ0n) is 10.1. The maximum absolute atomic E-state index is 13.0. The Bertz CT molecular complexity index is 431. The van der Waals surface area contributed by atoms with Crippen LogP contribution in [0.3, 0.4) is 0 Å². The Hall–Kier alpha value is -1.62. The van der Waals surface area contributed by atoms with Gasteiger partial charge in [-0.05, 0) is 50.0 Å². The molecule has 0 radical (unpaired) electrons. The standard InChI is InChI=1S/C13H17FN2O2/c14-10-1-2-12(11(7-10)13(15)17)18-8-9-3-5-16-6-4-9/h1-2,7,9,16H,3-6,8H2,(H2,15,17). The van der Waals surface area contributed by atoms with Crippen LogP contribution in [0.4, 0.5) is 4.39 Å². The summed E-state index contributed by atoms with van der Waals surface area (Å²) in [6, 6.07) is 3.83. The minimum absolute atomic E-state index is 0.101. The number of hydrogen-bond donors (Lipinski definition) is 2. The lowest BCUT2D eigenvalue weighted by Crippen LogP contribution is -2.30. The van der Waals surface area contributed by atoms with Crippen molar-refractivity contribution in [3.8, 4) is 5.75 Å². The second kappa shape index (κ2) is 5.82. The summed E-state index contributed by atoms with van der Waals surface area (Å²) in [5.74, 6) is -0.327. The molecule has 1 aromatic rings. The van der Waals surface area contributed by atoms with Gasteiger partial charge in [-0.2, -0.15) is 0 Å². The zero-order valence-corrected chi connectivity index (χ0v) is 10.1. The average molecular weight is 252 g/mol. The first-order chi connectivity index (χ1) is 8.66. The molecule has 5 heteroatoms. The fourth-order valence-corrected chi connectivity index (χ4v) is 2.08. The van der Waals surface area contributed by atoms with E-state index in [-0.39, 0.29) is 5.56 Å². The summed E-state index contributed by atoms with van der Waals surface area (Å²) in [7, 11) is 0. The molecule has 1 aliphatic heterocycles. The molecule has 1 amide bonds. The van der Waals surface area contributed by atoms with Crippen molar-refractivity contribution in [2.75, 3.05) is 19.7 Å². The van der Waals surface area contributed by atoms with Crippen molar-refractivity contribution in [3.63, 3.8) is 0 Å². The van der Waals surface area contributed by atoms with Gasteiger partial charge < -0.3 is 15.8 Å². The van der Waals surface area contributed by atoms with Crippen LogP contribution < -0.4 is 15.8 Å². The van der Waals surface area contributed by atoms with Gasteiger partial charge in [0, 0.05) is 0 Å². The van der Waals surface area contributed by atoms with E-state index in [1.54, 1.807) is 0 Å². The number of carbonyl (C=O) groups excluding carboxylic acids is 1. The van der Waals surface area contributed by atoms with Gasteiger partial charge in [-0.1, -0.05) is 0 Å². The van der Waals surface area contributed by atoms with E-state index in [2.05, 4.69) is 5.32 Å². The summed E-state index contributed by atoms with van der Waals surface area (Å²) >= 11 is 0. The highest BCUT2D eigenvalue weighted by Gasteiger charge is 2.16. The Balaban J connectivity index is 2.01. The van der Waals surface area contributed by atoms with Crippen LogP contribution in [0.1, 0.15) is 23.2 Å². The summed E-state index contributed by atoms with van der Waals surface area (Å²) in [5, 5.41) is 3.27. The third-order valence-corrected chi connectivity index (χ3v) is 3.14. The van der Waals surface area contributed by atoms with Crippen LogP contribution >= 0.6 is 0 Å². The molecule has 1 fully saturated rings. The fraction of sp³-hybridized carbons (Fsp3) is 0.462. The van der Waals surface area contributed by atoms with Crippen LogP contribution in [-0.2, 0) is 0 Å². The number of carbonyl (C=O) groups is 1. The van der Waals surface area contributed by atoms with Crippen molar-refractivity contribution in [2.45, 2.75) is 12.8 Å². The van der Waals surface area contributed by atoms with E-state index in [1.807, 2.05) is 0 Å². The molecule has 0 bridgehead atoms. The van der Waals surface area contributed by atoms with Crippen molar-refractivity contribution in [1.29, 1.82) is 0 Å². The average Bonchev–Trinajstić information content (AvgIpc) is 2.38.